The lowest BCUT2D eigenvalue weighted by molar-refractivity contribution is -0.151. The van der Waals surface area contributed by atoms with Crippen LogP contribution in [-0.4, -0.2) is 45.4 Å². The van der Waals surface area contributed by atoms with Crippen molar-refractivity contribution in [3.63, 3.8) is 0 Å². The zero-order chi connectivity index (χ0) is 31.3. The monoisotopic (exact) mass is 665 g/mol. The van der Waals surface area contributed by atoms with Gasteiger partial charge in [-0.2, -0.15) is 13.2 Å². The summed E-state index contributed by atoms with van der Waals surface area (Å²) in [6.07, 6.45) is -7.72. The summed E-state index contributed by atoms with van der Waals surface area (Å²) in [6.45, 7) is 3.74. The van der Waals surface area contributed by atoms with Gasteiger partial charge in [0.15, 0.2) is 0 Å². The van der Waals surface area contributed by atoms with Crippen LogP contribution in [0, 0.1) is 0 Å². The van der Waals surface area contributed by atoms with Crippen LogP contribution in [0.25, 0.3) is 0 Å². The van der Waals surface area contributed by atoms with Crippen LogP contribution in [0.4, 0.5) is 18.9 Å². The Morgan fingerprint density at radius 2 is 1.74 bits per heavy atom. The van der Waals surface area contributed by atoms with Crippen molar-refractivity contribution in [1.82, 2.24) is 0 Å². The summed E-state index contributed by atoms with van der Waals surface area (Å²) >= 11 is 3.52. The zero-order valence-electron chi connectivity index (χ0n) is 24.0. The van der Waals surface area contributed by atoms with Crippen LogP contribution >= 0.6 is 15.9 Å². The number of rotatable bonds is 10. The van der Waals surface area contributed by atoms with Gasteiger partial charge >= 0.3 is 12.1 Å². The van der Waals surface area contributed by atoms with Gasteiger partial charge in [-0.25, -0.2) is 0 Å². The van der Waals surface area contributed by atoms with E-state index in [1.807, 2.05) is 0 Å². The number of halogens is 4. The molecule has 2 atom stereocenters. The van der Waals surface area contributed by atoms with Crippen molar-refractivity contribution in [3.05, 3.63) is 81.3 Å². The van der Waals surface area contributed by atoms with E-state index in [4.69, 9.17) is 23.7 Å². The first-order valence-corrected chi connectivity index (χ1v) is 14.3. The molecule has 1 aliphatic heterocycles. The maximum atomic E-state index is 14.2. The van der Waals surface area contributed by atoms with Gasteiger partial charge in [0.2, 0.25) is 0 Å². The fraction of sp³-hybridized carbons (Fsp3) is 0.355. The average molecular weight is 666 g/mol. The van der Waals surface area contributed by atoms with Crippen molar-refractivity contribution >= 4 is 33.5 Å². The lowest BCUT2D eigenvalue weighted by Gasteiger charge is -2.26. The van der Waals surface area contributed by atoms with Crippen molar-refractivity contribution in [1.29, 1.82) is 0 Å². The minimum Gasteiger partial charge on any atom is -0.497 e. The molecule has 12 heteroatoms. The normalized spacial score (nSPS) is 16.7. The molecule has 8 nitrogen and oxygen atoms in total. The molecular weight excluding hydrogens is 635 g/mol. The van der Waals surface area contributed by atoms with E-state index in [0.717, 1.165) is 12.1 Å². The largest absolute Gasteiger partial charge is 0.497 e. The third-order valence-electron chi connectivity index (χ3n) is 6.83. The molecule has 43 heavy (non-hydrogen) atoms. The second-order valence-electron chi connectivity index (χ2n) is 9.48. The minimum atomic E-state index is -4.67. The predicted molar refractivity (Wildman–Crippen MR) is 155 cm³/mol. The van der Waals surface area contributed by atoms with Crippen molar-refractivity contribution in [2.45, 2.75) is 45.2 Å². The van der Waals surface area contributed by atoms with Crippen molar-refractivity contribution in [3.8, 4) is 17.2 Å². The number of fused-ring (bicyclic) bond motifs is 1. The average Bonchev–Trinajstić information content (AvgIpc) is 3.08. The van der Waals surface area contributed by atoms with Crippen LogP contribution in [0.15, 0.2) is 59.1 Å². The van der Waals surface area contributed by atoms with Gasteiger partial charge in [0, 0.05) is 22.8 Å². The molecule has 0 saturated heterocycles. The fourth-order valence-corrected chi connectivity index (χ4v) is 5.42. The summed E-state index contributed by atoms with van der Waals surface area (Å²) in [5, 5.41) is 0. The number of ether oxygens (including phenoxy) is 5. The molecule has 0 fully saturated rings. The van der Waals surface area contributed by atoms with Gasteiger partial charge in [-0.15, -0.1) is 0 Å². The Morgan fingerprint density at radius 3 is 2.40 bits per heavy atom. The van der Waals surface area contributed by atoms with Crippen LogP contribution in [0.3, 0.4) is 0 Å². The molecule has 0 unspecified atom stereocenters. The molecule has 3 aromatic carbocycles. The number of benzene rings is 3. The zero-order valence-corrected chi connectivity index (χ0v) is 25.6. The molecule has 0 radical (unpaired) electrons. The van der Waals surface area contributed by atoms with Gasteiger partial charge < -0.3 is 28.6 Å². The van der Waals surface area contributed by atoms with Crippen molar-refractivity contribution in [2.24, 2.45) is 0 Å². The second kappa shape index (κ2) is 13.7. The van der Waals surface area contributed by atoms with Crippen LogP contribution in [0.1, 0.15) is 48.6 Å². The Balaban J connectivity index is 1.95. The highest BCUT2D eigenvalue weighted by Crippen LogP contribution is 2.46. The predicted octanol–water partition coefficient (Wildman–Crippen LogP) is 6.86. The highest BCUT2D eigenvalue weighted by Gasteiger charge is 2.41. The number of amides is 1. The number of esters is 1. The van der Waals surface area contributed by atoms with E-state index in [1.165, 1.54) is 25.2 Å². The van der Waals surface area contributed by atoms with Crippen LogP contribution in [-0.2, 0) is 31.8 Å². The first-order valence-electron chi connectivity index (χ1n) is 13.5. The summed E-state index contributed by atoms with van der Waals surface area (Å²) in [5.41, 5.74) is 0.305. The summed E-state index contributed by atoms with van der Waals surface area (Å²) < 4.78 is 70.4. The van der Waals surface area contributed by atoms with E-state index in [-0.39, 0.29) is 24.4 Å². The van der Waals surface area contributed by atoms with Gasteiger partial charge in [-0.05, 0) is 66.2 Å². The van der Waals surface area contributed by atoms with Crippen LogP contribution < -0.4 is 19.1 Å². The maximum Gasteiger partial charge on any atom is 0.416 e. The van der Waals surface area contributed by atoms with E-state index in [0.29, 0.717) is 39.5 Å². The number of anilines is 1. The smallest absolute Gasteiger partial charge is 0.416 e. The number of hydrogen-bond acceptors (Lipinski definition) is 7. The van der Waals surface area contributed by atoms with E-state index in [1.54, 1.807) is 50.2 Å². The lowest BCUT2D eigenvalue weighted by atomic mass is 9.96. The van der Waals surface area contributed by atoms with E-state index < -0.39 is 42.2 Å². The Bertz CT molecular complexity index is 1480. The van der Waals surface area contributed by atoms with E-state index in [9.17, 15) is 22.8 Å². The molecular formula is C31H31BrF3NO7. The van der Waals surface area contributed by atoms with Gasteiger partial charge in [0.25, 0.3) is 5.91 Å². The Hall–Kier alpha value is -3.77. The number of carbonyl (C=O) groups excluding carboxylic acids is 2. The summed E-state index contributed by atoms with van der Waals surface area (Å²) in [5.74, 6) is 0.0312. The van der Waals surface area contributed by atoms with E-state index in [2.05, 4.69) is 15.9 Å². The van der Waals surface area contributed by atoms with Crippen LogP contribution in [0.5, 0.6) is 17.2 Å². The number of carbonyl (C=O) groups is 2. The summed E-state index contributed by atoms with van der Waals surface area (Å²) in [4.78, 5) is 28.1. The first kappa shape index (κ1) is 32.2. The molecule has 4 rings (SSSR count). The molecule has 230 valence electrons. The van der Waals surface area contributed by atoms with Gasteiger partial charge in [-0.1, -0.05) is 12.1 Å². The minimum absolute atomic E-state index is 0.0764. The number of nitrogens with zero attached hydrogens (tertiary/aromatic N) is 1. The van der Waals surface area contributed by atoms with Gasteiger partial charge in [-0.3, -0.25) is 9.59 Å². The third-order valence-corrected chi connectivity index (χ3v) is 7.67. The molecule has 1 heterocycles. The first-order chi connectivity index (χ1) is 20.5. The Morgan fingerprint density at radius 1 is 0.977 bits per heavy atom. The van der Waals surface area contributed by atoms with Gasteiger partial charge in [0.1, 0.15) is 29.5 Å². The van der Waals surface area contributed by atoms with Crippen molar-refractivity contribution < 1.29 is 46.4 Å². The molecule has 0 spiro atoms. The molecule has 0 aromatic heterocycles. The number of alkyl halides is 3. The second-order valence-corrected chi connectivity index (χ2v) is 10.3. The molecule has 0 bridgehead atoms. The molecule has 1 amide bonds. The summed E-state index contributed by atoms with van der Waals surface area (Å²) in [6, 6.07) is 13.2. The highest BCUT2D eigenvalue weighted by atomic mass is 79.9. The molecule has 3 aromatic rings. The standard InChI is InChI=1S/C31H31BrF3NO7/c1-5-41-24-9-7-8-21(28(24)32)29-22-14-19(31(33,34)35)11-13-23(22)36(30(38)26(43-29)16-27(37)42-6-2)17-18-10-12-20(39-3)15-25(18)40-4/h7-15,26,29H,5-6,16-17H2,1-4H3/t26-,29-/m1/s1. The highest BCUT2D eigenvalue weighted by molar-refractivity contribution is 9.10. The Kier molecular flexibility index (Phi) is 10.2. The van der Waals surface area contributed by atoms with Crippen molar-refractivity contribution in [2.75, 3.05) is 32.3 Å². The molecule has 0 saturated carbocycles. The van der Waals surface area contributed by atoms with Crippen LogP contribution in [0.2, 0.25) is 0 Å². The number of methoxy groups -OCH3 is 2. The van der Waals surface area contributed by atoms with E-state index >= 15 is 0 Å². The Labute approximate surface area is 255 Å². The maximum absolute atomic E-state index is 14.2. The SMILES string of the molecule is CCOC(=O)C[C@H]1O[C@H](c2cccc(OCC)c2Br)c2cc(C(F)(F)F)ccc2N(Cc2ccc(OC)cc2OC)C1=O. The molecule has 0 aliphatic carbocycles. The fourth-order valence-electron chi connectivity index (χ4n) is 4.84. The third kappa shape index (κ3) is 7.07. The quantitative estimate of drug-likeness (QED) is 0.219. The topological polar surface area (TPSA) is 83.5 Å². The summed E-state index contributed by atoms with van der Waals surface area (Å²) in [7, 11) is 2.95. The molecule has 0 N–H and O–H groups in total. The molecule has 1 aliphatic rings. The van der Waals surface area contributed by atoms with Gasteiger partial charge in [0.05, 0.1) is 56.1 Å². The lowest BCUT2D eigenvalue weighted by Crippen LogP contribution is -2.40. The number of hydrogen-bond donors (Lipinski definition) is 0.